The van der Waals surface area contributed by atoms with E-state index >= 15 is 0 Å². The number of aromatic nitrogens is 1. The van der Waals surface area contributed by atoms with Gasteiger partial charge in [0.05, 0.1) is 0 Å². The van der Waals surface area contributed by atoms with E-state index in [9.17, 15) is 9.50 Å². The number of aryl methyl sites for hydroxylation is 1. The first-order valence-corrected chi connectivity index (χ1v) is 5.98. The summed E-state index contributed by atoms with van der Waals surface area (Å²) in [5, 5.41) is 10.3. The highest BCUT2D eigenvalue weighted by molar-refractivity contribution is 5.22. The molecule has 3 heteroatoms. The van der Waals surface area contributed by atoms with Crippen LogP contribution in [0.4, 0.5) is 4.39 Å². The Labute approximate surface area is 106 Å². The fraction of sp³-hybridized carbons (Fsp3) is 0.267. The van der Waals surface area contributed by atoms with Gasteiger partial charge in [-0.2, -0.15) is 0 Å². The summed E-state index contributed by atoms with van der Waals surface area (Å²) in [6.07, 6.45) is 2.58. The Balaban J connectivity index is 2.10. The monoisotopic (exact) mass is 245 g/mol. The maximum absolute atomic E-state index is 13.2. The third-order valence-corrected chi connectivity index (χ3v) is 3.05. The third-order valence-electron chi connectivity index (χ3n) is 3.05. The highest BCUT2D eigenvalue weighted by Gasteiger charge is 2.28. The molecule has 1 N–H and O–H groups in total. The first-order valence-electron chi connectivity index (χ1n) is 5.98. The second-order valence-electron chi connectivity index (χ2n) is 4.35. The van der Waals surface area contributed by atoms with E-state index < -0.39 is 12.3 Å². The maximum atomic E-state index is 13.2. The Kier molecular flexibility index (Phi) is 4.05. The van der Waals surface area contributed by atoms with E-state index in [2.05, 4.69) is 4.98 Å². The molecule has 0 aliphatic heterocycles. The minimum absolute atomic E-state index is 0.324. The molecular formula is C15H16FNO. The van der Waals surface area contributed by atoms with Crippen LogP contribution in [-0.4, -0.2) is 16.8 Å². The molecule has 0 aliphatic rings. The molecule has 0 unspecified atom stereocenters. The van der Waals surface area contributed by atoms with Crippen LogP contribution in [0.5, 0.6) is 0 Å². The zero-order valence-corrected chi connectivity index (χ0v) is 10.1. The number of pyridine rings is 1. The minimum Gasteiger partial charge on any atom is -0.382 e. The number of aliphatic hydroxyl groups is 1. The summed E-state index contributed by atoms with van der Waals surface area (Å²) in [6, 6.07) is 14.6. The van der Waals surface area contributed by atoms with E-state index in [0.29, 0.717) is 18.4 Å². The molecule has 1 aromatic heterocycles. The van der Waals surface area contributed by atoms with Crippen molar-refractivity contribution in [2.45, 2.75) is 18.4 Å². The van der Waals surface area contributed by atoms with Crippen LogP contribution in [0.2, 0.25) is 0 Å². The standard InChI is InChI=1S/C15H16FNO/c16-12-15(18,13-6-2-1-3-7-13)10-9-14-8-4-5-11-17-14/h1-8,11,18H,9-10,12H2/t15-/m0/s1. The van der Waals surface area contributed by atoms with Crippen LogP contribution >= 0.6 is 0 Å². The van der Waals surface area contributed by atoms with Gasteiger partial charge in [0.1, 0.15) is 12.3 Å². The Morgan fingerprint density at radius 1 is 1.06 bits per heavy atom. The summed E-state index contributed by atoms with van der Waals surface area (Å²) in [7, 11) is 0. The zero-order valence-electron chi connectivity index (χ0n) is 10.1. The first kappa shape index (κ1) is 12.7. The molecule has 0 aliphatic carbocycles. The van der Waals surface area contributed by atoms with Gasteiger partial charge in [-0.3, -0.25) is 4.98 Å². The number of alkyl halides is 1. The highest BCUT2D eigenvalue weighted by Crippen LogP contribution is 2.26. The quantitative estimate of drug-likeness (QED) is 0.878. The average molecular weight is 245 g/mol. The summed E-state index contributed by atoms with van der Waals surface area (Å²) in [5.41, 5.74) is 0.0578. The second-order valence-corrected chi connectivity index (χ2v) is 4.35. The molecule has 0 fully saturated rings. The van der Waals surface area contributed by atoms with Crippen molar-refractivity contribution in [3.05, 3.63) is 66.0 Å². The van der Waals surface area contributed by atoms with Gasteiger partial charge < -0.3 is 5.11 Å². The number of benzene rings is 1. The summed E-state index contributed by atoms with van der Waals surface area (Å²) < 4.78 is 13.2. The lowest BCUT2D eigenvalue weighted by Crippen LogP contribution is -2.29. The second kappa shape index (κ2) is 5.74. The van der Waals surface area contributed by atoms with E-state index in [-0.39, 0.29) is 0 Å². The molecule has 0 saturated heterocycles. The summed E-state index contributed by atoms with van der Waals surface area (Å²) in [4.78, 5) is 4.18. The molecule has 0 radical (unpaired) electrons. The van der Waals surface area contributed by atoms with Crippen molar-refractivity contribution in [2.24, 2.45) is 0 Å². The van der Waals surface area contributed by atoms with E-state index in [4.69, 9.17) is 0 Å². The predicted octanol–water partition coefficient (Wildman–Crippen LogP) is 2.87. The lowest BCUT2D eigenvalue weighted by atomic mass is 9.90. The molecule has 0 bridgehead atoms. The molecule has 1 aromatic carbocycles. The average Bonchev–Trinajstić information content (AvgIpc) is 2.47. The molecule has 0 spiro atoms. The fourth-order valence-electron chi connectivity index (χ4n) is 1.92. The van der Waals surface area contributed by atoms with Crippen LogP contribution in [0, 0.1) is 0 Å². The van der Waals surface area contributed by atoms with Crippen molar-refractivity contribution < 1.29 is 9.50 Å². The molecule has 0 saturated carbocycles. The molecule has 1 heterocycles. The molecule has 2 aromatic rings. The smallest absolute Gasteiger partial charge is 0.122 e. The lowest BCUT2D eigenvalue weighted by Gasteiger charge is -2.25. The molecule has 2 rings (SSSR count). The van der Waals surface area contributed by atoms with Gasteiger partial charge in [-0.15, -0.1) is 0 Å². The molecule has 1 atom stereocenters. The van der Waals surface area contributed by atoms with Gasteiger partial charge in [0, 0.05) is 11.9 Å². The lowest BCUT2D eigenvalue weighted by molar-refractivity contribution is 0.00285. The number of hydrogen-bond donors (Lipinski definition) is 1. The van der Waals surface area contributed by atoms with Crippen LogP contribution in [0.1, 0.15) is 17.7 Å². The zero-order chi connectivity index (χ0) is 12.8. The van der Waals surface area contributed by atoms with Crippen molar-refractivity contribution in [3.63, 3.8) is 0 Å². The summed E-state index contributed by atoms with van der Waals surface area (Å²) in [5.74, 6) is 0. The largest absolute Gasteiger partial charge is 0.382 e. The minimum atomic E-state index is -1.42. The van der Waals surface area contributed by atoms with Gasteiger partial charge in [-0.25, -0.2) is 4.39 Å². The van der Waals surface area contributed by atoms with E-state index in [0.717, 1.165) is 5.69 Å². The number of halogens is 1. The van der Waals surface area contributed by atoms with Gasteiger partial charge >= 0.3 is 0 Å². The van der Waals surface area contributed by atoms with Gasteiger partial charge in [0.25, 0.3) is 0 Å². The van der Waals surface area contributed by atoms with Crippen LogP contribution in [0.3, 0.4) is 0 Å². The van der Waals surface area contributed by atoms with Crippen LogP contribution in [-0.2, 0) is 12.0 Å². The number of rotatable bonds is 5. The van der Waals surface area contributed by atoms with Gasteiger partial charge in [-0.1, -0.05) is 36.4 Å². The van der Waals surface area contributed by atoms with E-state index in [1.807, 2.05) is 24.3 Å². The third kappa shape index (κ3) is 2.93. The number of hydrogen-bond acceptors (Lipinski definition) is 2. The molecular weight excluding hydrogens is 229 g/mol. The van der Waals surface area contributed by atoms with Crippen LogP contribution in [0.25, 0.3) is 0 Å². The first-order chi connectivity index (χ1) is 8.74. The Morgan fingerprint density at radius 2 is 1.78 bits per heavy atom. The van der Waals surface area contributed by atoms with Crippen molar-refractivity contribution in [3.8, 4) is 0 Å². The SMILES string of the molecule is O[C@](CF)(CCc1ccccn1)c1ccccc1. The molecule has 0 amide bonds. The van der Waals surface area contributed by atoms with E-state index in [1.54, 1.807) is 30.5 Å². The van der Waals surface area contributed by atoms with Gasteiger partial charge in [0.15, 0.2) is 0 Å². The van der Waals surface area contributed by atoms with Gasteiger partial charge in [0.2, 0.25) is 0 Å². The van der Waals surface area contributed by atoms with Crippen molar-refractivity contribution in [2.75, 3.05) is 6.67 Å². The van der Waals surface area contributed by atoms with E-state index in [1.165, 1.54) is 0 Å². The molecule has 2 nitrogen and oxygen atoms in total. The Bertz CT molecular complexity index is 474. The Hall–Kier alpha value is -1.74. The normalized spacial score (nSPS) is 14.1. The summed E-state index contributed by atoms with van der Waals surface area (Å²) >= 11 is 0. The maximum Gasteiger partial charge on any atom is 0.122 e. The van der Waals surface area contributed by atoms with Crippen LogP contribution < -0.4 is 0 Å². The highest BCUT2D eigenvalue weighted by atomic mass is 19.1. The Morgan fingerprint density at radius 3 is 2.39 bits per heavy atom. The predicted molar refractivity (Wildman–Crippen MR) is 68.9 cm³/mol. The molecule has 18 heavy (non-hydrogen) atoms. The van der Waals surface area contributed by atoms with Crippen molar-refractivity contribution >= 4 is 0 Å². The number of nitrogens with zero attached hydrogens (tertiary/aromatic N) is 1. The van der Waals surface area contributed by atoms with Crippen molar-refractivity contribution in [1.82, 2.24) is 4.98 Å². The van der Waals surface area contributed by atoms with Crippen molar-refractivity contribution in [1.29, 1.82) is 0 Å². The fourth-order valence-corrected chi connectivity index (χ4v) is 1.92. The van der Waals surface area contributed by atoms with Crippen LogP contribution in [0.15, 0.2) is 54.7 Å². The van der Waals surface area contributed by atoms with Gasteiger partial charge in [-0.05, 0) is 30.5 Å². The molecule has 94 valence electrons. The summed E-state index contributed by atoms with van der Waals surface area (Å²) in [6.45, 7) is -0.788. The topological polar surface area (TPSA) is 33.1 Å².